The number of methoxy groups -OCH3 is 1. The van der Waals surface area contributed by atoms with E-state index >= 15 is 0 Å². The third kappa shape index (κ3) is 6.68. The second-order valence-electron chi connectivity index (χ2n) is 8.57. The van der Waals surface area contributed by atoms with Crippen molar-refractivity contribution in [2.45, 2.75) is 37.8 Å². The van der Waals surface area contributed by atoms with E-state index < -0.39 is 28.5 Å². The minimum Gasteiger partial charge on any atom is -0.497 e. The lowest BCUT2D eigenvalue weighted by molar-refractivity contribution is -0.140. The maximum Gasteiger partial charge on any atom is 0.264 e. The predicted molar refractivity (Wildman–Crippen MR) is 144 cm³/mol. The van der Waals surface area contributed by atoms with Crippen molar-refractivity contribution in [2.75, 3.05) is 25.0 Å². The maximum atomic E-state index is 13.9. The molecule has 0 aliphatic heterocycles. The molecule has 0 bridgehead atoms. The number of carbonyl (C=O) groups excluding carboxylic acids is 2. The molecule has 0 aromatic heterocycles. The summed E-state index contributed by atoms with van der Waals surface area (Å²) in [6, 6.07) is 21.3. The van der Waals surface area contributed by atoms with Crippen LogP contribution in [0.5, 0.6) is 5.75 Å². The summed E-state index contributed by atoms with van der Waals surface area (Å²) in [6.45, 7) is 3.34. The lowest BCUT2D eigenvalue weighted by Crippen LogP contribution is -2.51. The van der Waals surface area contributed by atoms with Crippen LogP contribution >= 0.6 is 0 Å². The number of hydrogen-bond acceptors (Lipinski definition) is 5. The third-order valence-corrected chi connectivity index (χ3v) is 7.84. The molecule has 1 N–H and O–H groups in total. The van der Waals surface area contributed by atoms with Crippen LogP contribution in [0.25, 0.3) is 0 Å². The van der Waals surface area contributed by atoms with Gasteiger partial charge in [0.05, 0.1) is 17.7 Å². The molecular weight excluding hydrogens is 490 g/mol. The SMILES string of the molecule is CCC(C(=O)NC)N(Cc1cccc(OC)c1)C(=O)CN(c1ccc(C)cc1)S(=O)(=O)c1ccccc1. The number of hydrogen-bond donors (Lipinski definition) is 1. The number of benzene rings is 3. The van der Waals surface area contributed by atoms with Gasteiger partial charge in [0, 0.05) is 13.6 Å². The van der Waals surface area contributed by atoms with Crippen LogP contribution in [-0.2, 0) is 26.2 Å². The second kappa shape index (κ2) is 12.4. The fourth-order valence-corrected chi connectivity index (χ4v) is 5.45. The number of rotatable bonds is 11. The highest BCUT2D eigenvalue weighted by Gasteiger charge is 2.33. The molecule has 0 aliphatic rings. The summed E-state index contributed by atoms with van der Waals surface area (Å²) in [5, 5.41) is 2.62. The summed E-state index contributed by atoms with van der Waals surface area (Å²) in [7, 11) is -1.01. The van der Waals surface area contributed by atoms with Gasteiger partial charge in [-0.05, 0) is 55.3 Å². The lowest BCUT2D eigenvalue weighted by atomic mass is 10.1. The van der Waals surface area contributed by atoms with Crippen molar-refractivity contribution in [3.05, 3.63) is 90.0 Å². The Morgan fingerprint density at radius 1 is 0.973 bits per heavy atom. The van der Waals surface area contributed by atoms with Crippen molar-refractivity contribution in [2.24, 2.45) is 0 Å². The average Bonchev–Trinajstić information content (AvgIpc) is 2.92. The van der Waals surface area contributed by atoms with Crippen LogP contribution < -0.4 is 14.4 Å². The number of ether oxygens (including phenoxy) is 1. The molecule has 3 aromatic rings. The van der Waals surface area contributed by atoms with Crippen LogP contribution in [0.1, 0.15) is 24.5 Å². The fourth-order valence-electron chi connectivity index (χ4n) is 4.01. The second-order valence-corrected chi connectivity index (χ2v) is 10.4. The molecule has 0 saturated carbocycles. The zero-order valence-corrected chi connectivity index (χ0v) is 22.4. The fraction of sp³-hybridized carbons (Fsp3) is 0.286. The minimum absolute atomic E-state index is 0.0704. The molecule has 2 amide bonds. The Kier molecular flexibility index (Phi) is 9.30. The Bertz CT molecular complexity index is 1310. The van der Waals surface area contributed by atoms with Crippen molar-refractivity contribution in [1.82, 2.24) is 10.2 Å². The summed E-state index contributed by atoms with van der Waals surface area (Å²) in [6.07, 6.45) is 0.353. The van der Waals surface area contributed by atoms with E-state index in [1.54, 1.807) is 67.8 Å². The highest BCUT2D eigenvalue weighted by molar-refractivity contribution is 7.92. The molecular formula is C28H33N3O5S. The highest BCUT2D eigenvalue weighted by Crippen LogP contribution is 2.25. The van der Waals surface area contributed by atoms with Gasteiger partial charge in [-0.25, -0.2) is 8.42 Å². The van der Waals surface area contributed by atoms with E-state index in [-0.39, 0.29) is 17.3 Å². The van der Waals surface area contributed by atoms with Gasteiger partial charge in [0.25, 0.3) is 10.0 Å². The number of anilines is 1. The third-order valence-electron chi connectivity index (χ3n) is 6.05. The van der Waals surface area contributed by atoms with Gasteiger partial charge in [0.15, 0.2) is 0 Å². The molecule has 0 saturated heterocycles. The van der Waals surface area contributed by atoms with Gasteiger partial charge in [-0.15, -0.1) is 0 Å². The Balaban J connectivity index is 2.04. The van der Waals surface area contributed by atoms with Crippen LogP contribution in [0.4, 0.5) is 5.69 Å². The average molecular weight is 524 g/mol. The molecule has 0 spiro atoms. The van der Waals surface area contributed by atoms with Crippen molar-refractivity contribution in [1.29, 1.82) is 0 Å². The molecule has 1 unspecified atom stereocenters. The van der Waals surface area contributed by atoms with Crippen LogP contribution in [0, 0.1) is 6.92 Å². The monoisotopic (exact) mass is 523 g/mol. The zero-order valence-electron chi connectivity index (χ0n) is 21.5. The number of nitrogens with one attached hydrogen (secondary N) is 1. The summed E-state index contributed by atoms with van der Waals surface area (Å²) >= 11 is 0. The van der Waals surface area contributed by atoms with E-state index in [0.29, 0.717) is 17.9 Å². The van der Waals surface area contributed by atoms with Gasteiger partial charge >= 0.3 is 0 Å². The molecule has 8 nitrogen and oxygen atoms in total. The van der Waals surface area contributed by atoms with Gasteiger partial charge < -0.3 is 15.0 Å². The smallest absolute Gasteiger partial charge is 0.264 e. The normalized spacial score (nSPS) is 11.9. The van der Waals surface area contributed by atoms with Gasteiger partial charge in [0.1, 0.15) is 18.3 Å². The Morgan fingerprint density at radius 3 is 2.24 bits per heavy atom. The number of nitrogens with zero attached hydrogens (tertiary/aromatic N) is 2. The molecule has 196 valence electrons. The Morgan fingerprint density at radius 2 is 1.65 bits per heavy atom. The highest BCUT2D eigenvalue weighted by atomic mass is 32.2. The number of carbonyl (C=O) groups is 2. The van der Waals surface area contributed by atoms with Gasteiger partial charge in [-0.2, -0.15) is 0 Å². The summed E-state index contributed by atoms with van der Waals surface area (Å²) < 4.78 is 33.8. The first-order valence-corrected chi connectivity index (χ1v) is 13.4. The summed E-state index contributed by atoms with van der Waals surface area (Å²) in [4.78, 5) is 28.1. The molecule has 37 heavy (non-hydrogen) atoms. The minimum atomic E-state index is -4.07. The number of amides is 2. The largest absolute Gasteiger partial charge is 0.497 e. The van der Waals surface area contributed by atoms with Crippen LogP contribution in [0.2, 0.25) is 0 Å². The molecule has 3 rings (SSSR count). The first-order chi connectivity index (χ1) is 17.7. The van der Waals surface area contributed by atoms with Crippen LogP contribution in [0.3, 0.4) is 0 Å². The van der Waals surface area contributed by atoms with E-state index in [2.05, 4.69) is 5.32 Å². The van der Waals surface area contributed by atoms with E-state index in [9.17, 15) is 18.0 Å². The number of likely N-dealkylation sites (N-methyl/N-ethyl adjacent to an activating group) is 1. The van der Waals surface area contributed by atoms with Crippen molar-refractivity contribution in [3.8, 4) is 5.75 Å². The molecule has 3 aromatic carbocycles. The Hall–Kier alpha value is -3.85. The van der Waals surface area contributed by atoms with Gasteiger partial charge in [0.2, 0.25) is 11.8 Å². The lowest BCUT2D eigenvalue weighted by Gasteiger charge is -2.33. The van der Waals surface area contributed by atoms with Crippen molar-refractivity contribution < 1.29 is 22.7 Å². The summed E-state index contributed by atoms with van der Waals surface area (Å²) in [5.41, 5.74) is 2.07. The zero-order chi connectivity index (χ0) is 27.0. The molecule has 9 heteroatoms. The molecule has 0 aliphatic carbocycles. The first kappa shape index (κ1) is 27.7. The molecule has 0 radical (unpaired) electrons. The van der Waals surface area contributed by atoms with E-state index in [1.165, 1.54) is 24.1 Å². The van der Waals surface area contributed by atoms with Gasteiger partial charge in [-0.3, -0.25) is 13.9 Å². The maximum absolute atomic E-state index is 13.9. The number of sulfonamides is 1. The first-order valence-electron chi connectivity index (χ1n) is 12.0. The molecule has 1 atom stereocenters. The van der Waals surface area contributed by atoms with E-state index in [0.717, 1.165) is 15.4 Å². The predicted octanol–water partition coefficient (Wildman–Crippen LogP) is 3.75. The Labute approximate surface area is 218 Å². The topological polar surface area (TPSA) is 96.0 Å². The van der Waals surface area contributed by atoms with E-state index in [1.807, 2.05) is 19.9 Å². The quantitative estimate of drug-likeness (QED) is 0.413. The van der Waals surface area contributed by atoms with Gasteiger partial charge in [-0.1, -0.05) is 55.0 Å². The van der Waals surface area contributed by atoms with E-state index in [4.69, 9.17) is 4.74 Å². The standard InChI is InChI=1S/C28H33N3O5S/c1-5-26(28(33)29-3)30(19-22-10-9-11-24(18-22)36-4)27(32)20-31(23-16-14-21(2)15-17-23)37(34,35)25-12-7-6-8-13-25/h6-18,26H,5,19-20H2,1-4H3,(H,29,33). The van der Waals surface area contributed by atoms with Crippen LogP contribution in [0.15, 0.2) is 83.8 Å². The number of aryl methyl sites for hydroxylation is 1. The van der Waals surface area contributed by atoms with Crippen LogP contribution in [-0.4, -0.2) is 51.9 Å². The van der Waals surface area contributed by atoms with Crippen molar-refractivity contribution >= 4 is 27.5 Å². The molecule has 0 heterocycles. The van der Waals surface area contributed by atoms with Crippen molar-refractivity contribution in [3.63, 3.8) is 0 Å². The summed E-state index contributed by atoms with van der Waals surface area (Å²) in [5.74, 6) is -0.212. The molecule has 0 fully saturated rings.